The molecule has 0 aromatic heterocycles. The van der Waals surface area contributed by atoms with Crippen molar-refractivity contribution in [2.45, 2.75) is 205 Å². The molecule has 0 bridgehead atoms. The molecule has 0 unspecified atom stereocenters. The summed E-state index contributed by atoms with van der Waals surface area (Å²) in [6, 6.07) is 9.05. The van der Waals surface area contributed by atoms with Gasteiger partial charge in [0.2, 0.25) is 47.6 Å². The largest absolute Gasteiger partial charge is 0.479 e. The molecule has 3 fully saturated rings. The quantitative estimate of drug-likeness (QED) is 0.0331. The van der Waals surface area contributed by atoms with Crippen molar-refractivity contribution < 1.29 is 168 Å². The third-order valence-electron chi connectivity index (χ3n) is 24.5. The monoisotopic (exact) mass is 2010 g/mol. The van der Waals surface area contributed by atoms with E-state index in [-0.39, 0.29) is 126 Å². The lowest BCUT2D eigenvalue weighted by molar-refractivity contribution is -0.271. The highest BCUT2D eigenvalue weighted by atomic mass is 16.7. The SMILES string of the molecule is CC[C@H](C)[C@@H]([C@@H](CC(=O)N1CCC[C@H]1[C@H](OC)[C@@H](C)C(=O)N[C@H](C)[C@@H](O)c1ccccc1)OC)N(C)C(=O)[C@@H](NC(=O)[C@H](C(C)C)N(C)C(=O)OCc1ccc(O[C@@H]2O[C@H](C(=O)O)[C@@H](O)[C@H](O)[C@H]2O)c(CCC(=O)CCNC(=O)COC2(CNC(=O)CCN3C(=O)C=CC3=O)CN(C(=O)CCOCCOCCOCCOCCOCCOCCOCCOCCOCCOCCOCCOC)C2)c1)C(C)C. The molecule has 0 radical (unpaired) electrons. The Labute approximate surface area is 826 Å². The molecule has 6 rings (SSSR count). The Hall–Kier alpha value is -8.98. The van der Waals surface area contributed by atoms with Crippen LogP contribution in [0.15, 0.2) is 60.7 Å². The molecule has 0 spiro atoms. The number of nitrogens with zero attached hydrogens (tertiary/aromatic N) is 5. The Morgan fingerprint density at radius 1 is 0.589 bits per heavy atom. The number of ketones is 1. The first-order valence-electron chi connectivity index (χ1n) is 48.5. The molecule has 0 saturated carbocycles. The lowest BCUT2D eigenvalue weighted by atomic mass is 9.89. The van der Waals surface area contributed by atoms with Crippen molar-refractivity contribution in [2.75, 3.05) is 233 Å². The maximum absolute atomic E-state index is 15.0. The smallest absolute Gasteiger partial charge is 0.410 e. The molecule has 141 heavy (non-hydrogen) atoms. The molecule has 4 heterocycles. The van der Waals surface area contributed by atoms with Crippen LogP contribution in [-0.4, -0.2) is 433 Å². The Kier molecular flexibility index (Phi) is 56.6. The predicted octanol–water partition coefficient (Wildman–Crippen LogP) is 1.11. The zero-order valence-electron chi connectivity index (χ0n) is 84.1. The van der Waals surface area contributed by atoms with Gasteiger partial charge < -0.3 is 147 Å². The standard InChI is InChI=1S/C97H155N9O35/c1-14-66(6)84(75(125-12)58-81(113)105-32-18-21-73(105)89(126-13)67(7)91(118)100-68(8)85(114)70-19-16-15-17-20-70)102(9)93(120)82(64(2)3)101-92(119)83(65(4)5)103(10)96(123)138-59-69-22-25-74(140-95-88(117)86(115)87(116)90(141-95)94(121)122)71(57-69)23-24-72(107)28-31-98-77(109)60-139-97(61-99-76(108)29-33-106-79(111)26-27-80(106)112)62-104(63-97)78(110)30-34-127-37-38-129-41-42-131-45-46-133-49-50-135-53-54-137-56-55-136-52-51-134-48-47-132-44-43-130-40-39-128-36-35-124-11/h15-17,19-20,22,25-27,57,64-68,73,75,82-90,95,114-117H,14,18,21,23-24,28-56,58-63H2,1-13H3,(H,98,109)(H,99,108)(H,100,118)(H,101,119)(H,121,122)/t66-,67+,68+,73-,75+,82-,83-,84-,85+,86-,87-,88+,89+,90-,95+/m0/s1. The molecule has 4 aliphatic heterocycles. The van der Waals surface area contributed by atoms with Crippen LogP contribution in [0, 0.1) is 23.7 Å². The van der Waals surface area contributed by atoms with E-state index in [1.807, 2.05) is 19.9 Å². The number of hydrogen-bond donors (Lipinski definition) is 9. The van der Waals surface area contributed by atoms with E-state index in [0.29, 0.717) is 169 Å². The fourth-order valence-electron chi connectivity index (χ4n) is 16.3. The van der Waals surface area contributed by atoms with Gasteiger partial charge in [-0.15, -0.1) is 0 Å². The normalized spacial score (nSPS) is 19.3. The number of benzene rings is 2. The van der Waals surface area contributed by atoms with Crippen LogP contribution in [0.25, 0.3) is 0 Å². The highest BCUT2D eigenvalue weighted by molar-refractivity contribution is 6.13. The topological polar surface area (TPSA) is 536 Å². The second kappa shape index (κ2) is 66.1. The predicted molar refractivity (Wildman–Crippen MR) is 505 cm³/mol. The molecule has 4 aliphatic rings. The summed E-state index contributed by atoms with van der Waals surface area (Å²) in [6.07, 6.45) is -10.6. The van der Waals surface area contributed by atoms with Crippen LogP contribution < -0.4 is 26.0 Å². The zero-order chi connectivity index (χ0) is 103. The highest BCUT2D eigenvalue weighted by Crippen LogP contribution is 2.34. The fraction of sp³-hybridized carbons (Fsp3) is 0.732. The maximum atomic E-state index is 15.0. The Bertz CT molecular complexity index is 4100. The minimum atomic E-state index is -2.05. The summed E-state index contributed by atoms with van der Waals surface area (Å²) >= 11 is 0. The molecule has 3 saturated heterocycles. The van der Waals surface area contributed by atoms with E-state index < -0.39 is 169 Å². The second-order valence-corrected chi connectivity index (χ2v) is 35.6. The average Bonchev–Trinajstić information content (AvgIpc) is 1.25. The van der Waals surface area contributed by atoms with Gasteiger partial charge in [0.15, 0.2) is 6.10 Å². The van der Waals surface area contributed by atoms with Crippen molar-refractivity contribution in [1.82, 2.24) is 45.8 Å². The number of aliphatic hydroxyl groups is 4. The van der Waals surface area contributed by atoms with Gasteiger partial charge in [-0.1, -0.05) is 91.3 Å². The summed E-state index contributed by atoms with van der Waals surface area (Å²) in [4.78, 5) is 169. The summed E-state index contributed by atoms with van der Waals surface area (Å²) in [7, 11) is 7.53. The number of imide groups is 1. The van der Waals surface area contributed by atoms with E-state index in [1.165, 1.54) is 49.3 Å². The number of likely N-dealkylation sites (tertiary alicyclic amines) is 2. The van der Waals surface area contributed by atoms with Crippen molar-refractivity contribution in [3.05, 3.63) is 77.4 Å². The van der Waals surface area contributed by atoms with Gasteiger partial charge in [0.1, 0.15) is 60.7 Å². The average molecular weight is 2010 g/mol. The van der Waals surface area contributed by atoms with Crippen molar-refractivity contribution in [2.24, 2.45) is 23.7 Å². The Morgan fingerprint density at radius 2 is 1.13 bits per heavy atom. The number of rotatable bonds is 75. The lowest BCUT2D eigenvalue weighted by Crippen LogP contribution is -2.69. The number of aliphatic carboxylic acids is 1. The number of likely N-dealkylation sites (N-methyl/N-ethyl adjacent to an activating group) is 2. The van der Waals surface area contributed by atoms with Gasteiger partial charge in [-0.3, -0.25) is 57.7 Å². The van der Waals surface area contributed by atoms with E-state index >= 15 is 4.79 Å². The lowest BCUT2D eigenvalue weighted by Gasteiger charge is -2.49. The molecule has 2 aromatic rings. The van der Waals surface area contributed by atoms with Crippen LogP contribution in [0.4, 0.5) is 4.79 Å². The molecule has 15 atom stereocenters. The van der Waals surface area contributed by atoms with Gasteiger partial charge in [-0.25, -0.2) is 9.59 Å². The van der Waals surface area contributed by atoms with E-state index in [2.05, 4.69) is 21.3 Å². The second-order valence-electron chi connectivity index (χ2n) is 35.6. The van der Waals surface area contributed by atoms with Crippen molar-refractivity contribution in [1.29, 1.82) is 0 Å². The van der Waals surface area contributed by atoms with Crippen LogP contribution in [0.1, 0.15) is 130 Å². The molecule has 10 amide bonds. The number of Topliss-reactive ketones (excluding diaryl/α,β-unsaturated/α-hetero) is 1. The van der Waals surface area contributed by atoms with Gasteiger partial charge in [0, 0.05) is 86.5 Å². The Balaban J connectivity index is 0.947. The molecule has 798 valence electrons. The van der Waals surface area contributed by atoms with E-state index in [0.717, 1.165) is 22.0 Å². The minimum absolute atomic E-state index is 0.0200. The van der Waals surface area contributed by atoms with Gasteiger partial charge in [-0.2, -0.15) is 0 Å². The number of nitrogens with one attached hydrogen (secondary N) is 4. The van der Waals surface area contributed by atoms with Crippen LogP contribution in [0.2, 0.25) is 0 Å². The summed E-state index contributed by atoms with van der Waals surface area (Å²) < 4.78 is 101. The van der Waals surface area contributed by atoms with Gasteiger partial charge in [-0.05, 0) is 72.8 Å². The first kappa shape index (κ1) is 121. The number of carboxylic acids is 1. The number of aliphatic hydroxyl groups excluding tert-OH is 4. The number of carboxylic acid groups (broad SMARTS) is 1. The van der Waals surface area contributed by atoms with Gasteiger partial charge in [0.05, 0.1) is 227 Å². The van der Waals surface area contributed by atoms with Crippen molar-refractivity contribution in [3.8, 4) is 5.75 Å². The molecule has 0 aliphatic carbocycles. The summed E-state index contributed by atoms with van der Waals surface area (Å²) in [5.74, 6) is -8.70. The maximum Gasteiger partial charge on any atom is 0.410 e. The minimum Gasteiger partial charge on any atom is -0.479 e. The summed E-state index contributed by atoms with van der Waals surface area (Å²) in [5, 5.41) is 64.2. The van der Waals surface area contributed by atoms with Gasteiger partial charge in [0.25, 0.3) is 11.8 Å². The molecule has 2 aromatic carbocycles. The van der Waals surface area contributed by atoms with Crippen LogP contribution in [0.5, 0.6) is 5.75 Å². The van der Waals surface area contributed by atoms with Gasteiger partial charge >= 0.3 is 12.1 Å². The molecular weight excluding hydrogens is 1850 g/mol. The number of hydrogen-bond acceptors (Lipinski definition) is 34. The highest BCUT2D eigenvalue weighted by Gasteiger charge is 2.50. The zero-order valence-corrected chi connectivity index (χ0v) is 84.1. The number of carbonyl (C=O) groups excluding carboxylic acids is 11. The third kappa shape index (κ3) is 41.6. The molecular formula is C97H155N9O35. The number of ether oxygens (including phenoxy) is 18. The number of aryl methyl sites for hydroxylation is 1. The van der Waals surface area contributed by atoms with E-state index in [1.54, 1.807) is 84.9 Å². The van der Waals surface area contributed by atoms with Crippen molar-refractivity contribution in [3.63, 3.8) is 0 Å². The van der Waals surface area contributed by atoms with Crippen LogP contribution >= 0.6 is 0 Å². The molecule has 44 heteroatoms. The molecule has 9 N–H and O–H groups in total. The Morgan fingerprint density at radius 3 is 1.63 bits per heavy atom. The number of carbonyl (C=O) groups is 12. The van der Waals surface area contributed by atoms with Crippen LogP contribution in [-0.2, 0) is 146 Å². The number of methoxy groups -OCH3 is 3. The van der Waals surface area contributed by atoms with Crippen molar-refractivity contribution >= 4 is 71.0 Å². The molecule has 44 nitrogen and oxygen atoms in total. The van der Waals surface area contributed by atoms with Crippen LogP contribution in [0.3, 0.4) is 0 Å². The first-order chi connectivity index (χ1) is 67.6. The summed E-state index contributed by atoms with van der Waals surface area (Å²) in [6.45, 7) is 22.0. The fourth-order valence-corrected chi connectivity index (χ4v) is 16.3. The number of amides is 10. The first-order valence-corrected chi connectivity index (χ1v) is 48.5. The van der Waals surface area contributed by atoms with E-state index in [4.69, 9.17) is 85.3 Å². The third-order valence-corrected chi connectivity index (χ3v) is 24.5. The van der Waals surface area contributed by atoms with E-state index in [9.17, 15) is 78.3 Å². The summed E-state index contributed by atoms with van der Waals surface area (Å²) in [5.41, 5.74) is -0.107.